The van der Waals surface area contributed by atoms with Gasteiger partial charge in [0.25, 0.3) is 5.91 Å². The van der Waals surface area contributed by atoms with Crippen molar-refractivity contribution in [3.63, 3.8) is 0 Å². The van der Waals surface area contributed by atoms with Crippen LogP contribution in [0.25, 0.3) is 0 Å². The molecule has 2 aromatic rings. The molecule has 0 aliphatic carbocycles. The van der Waals surface area contributed by atoms with Crippen LogP contribution in [0.3, 0.4) is 0 Å². The first-order valence-electron chi connectivity index (χ1n) is 5.26. The van der Waals surface area contributed by atoms with E-state index in [0.29, 0.717) is 10.6 Å². The Bertz CT molecular complexity index is 574. The topological polar surface area (TPSA) is 33.2 Å². The number of halogens is 1. The SMILES string of the molecule is CN(C(=O)c1cc(S)ccc1F)c1cccnc1. The molecule has 18 heavy (non-hydrogen) atoms. The average Bonchev–Trinajstić information content (AvgIpc) is 2.41. The molecule has 0 spiro atoms. The van der Waals surface area contributed by atoms with E-state index in [-0.39, 0.29) is 5.56 Å². The first-order valence-corrected chi connectivity index (χ1v) is 5.71. The van der Waals surface area contributed by atoms with Gasteiger partial charge in [0.1, 0.15) is 5.82 Å². The predicted molar refractivity (Wildman–Crippen MR) is 70.6 cm³/mol. The fourth-order valence-electron chi connectivity index (χ4n) is 1.53. The van der Waals surface area contributed by atoms with E-state index >= 15 is 0 Å². The summed E-state index contributed by atoms with van der Waals surface area (Å²) in [5.74, 6) is -0.995. The van der Waals surface area contributed by atoms with Crippen molar-refractivity contribution in [2.24, 2.45) is 0 Å². The Morgan fingerprint density at radius 2 is 2.17 bits per heavy atom. The van der Waals surface area contributed by atoms with Crippen LogP contribution in [-0.4, -0.2) is 17.9 Å². The van der Waals surface area contributed by atoms with Gasteiger partial charge in [-0.2, -0.15) is 0 Å². The van der Waals surface area contributed by atoms with E-state index in [0.717, 1.165) is 0 Å². The molecule has 0 radical (unpaired) electrons. The van der Waals surface area contributed by atoms with Gasteiger partial charge in [-0.1, -0.05) is 0 Å². The number of hydrogen-bond donors (Lipinski definition) is 1. The van der Waals surface area contributed by atoms with Gasteiger partial charge in [0.2, 0.25) is 0 Å². The third-order valence-corrected chi connectivity index (χ3v) is 2.80. The van der Waals surface area contributed by atoms with E-state index in [1.165, 1.54) is 23.1 Å². The fraction of sp³-hybridized carbons (Fsp3) is 0.0769. The molecule has 0 saturated heterocycles. The van der Waals surface area contributed by atoms with E-state index in [2.05, 4.69) is 17.6 Å². The highest BCUT2D eigenvalue weighted by molar-refractivity contribution is 7.80. The minimum absolute atomic E-state index is 0.00569. The second kappa shape index (κ2) is 5.18. The van der Waals surface area contributed by atoms with Gasteiger partial charge in [-0.05, 0) is 30.3 Å². The smallest absolute Gasteiger partial charge is 0.261 e. The summed E-state index contributed by atoms with van der Waals surface area (Å²) in [5.41, 5.74) is 0.598. The Morgan fingerprint density at radius 3 is 2.83 bits per heavy atom. The zero-order chi connectivity index (χ0) is 13.1. The summed E-state index contributed by atoms with van der Waals surface area (Å²) in [4.78, 5) is 17.9. The highest BCUT2D eigenvalue weighted by Gasteiger charge is 2.17. The minimum Gasteiger partial charge on any atom is -0.310 e. The number of aromatic nitrogens is 1. The van der Waals surface area contributed by atoms with Crippen LogP contribution < -0.4 is 4.90 Å². The summed E-state index contributed by atoms with van der Waals surface area (Å²) >= 11 is 4.10. The number of thiol groups is 1. The molecule has 92 valence electrons. The number of pyridine rings is 1. The van der Waals surface area contributed by atoms with Crippen LogP contribution in [0.5, 0.6) is 0 Å². The van der Waals surface area contributed by atoms with Crippen molar-refractivity contribution in [3.05, 3.63) is 54.1 Å². The summed E-state index contributed by atoms with van der Waals surface area (Å²) in [6.45, 7) is 0. The lowest BCUT2D eigenvalue weighted by molar-refractivity contribution is 0.0989. The van der Waals surface area contributed by atoms with Crippen LogP contribution in [0, 0.1) is 5.82 Å². The van der Waals surface area contributed by atoms with E-state index < -0.39 is 11.7 Å². The van der Waals surface area contributed by atoms with Crippen molar-refractivity contribution < 1.29 is 9.18 Å². The summed E-state index contributed by atoms with van der Waals surface area (Å²) in [6, 6.07) is 7.58. The second-order valence-electron chi connectivity index (χ2n) is 3.74. The summed E-state index contributed by atoms with van der Waals surface area (Å²) < 4.78 is 13.6. The number of anilines is 1. The van der Waals surface area contributed by atoms with Gasteiger partial charge in [-0.3, -0.25) is 9.78 Å². The summed E-state index contributed by atoms with van der Waals surface area (Å²) in [7, 11) is 1.57. The Hall–Kier alpha value is -1.88. The molecule has 0 fully saturated rings. The van der Waals surface area contributed by atoms with Crippen molar-refractivity contribution in [3.8, 4) is 0 Å². The van der Waals surface area contributed by atoms with Gasteiger partial charge < -0.3 is 4.90 Å². The molecule has 0 saturated carbocycles. The molecule has 1 aromatic heterocycles. The molecule has 0 N–H and O–H groups in total. The van der Waals surface area contributed by atoms with Crippen LogP contribution in [0.15, 0.2) is 47.6 Å². The third-order valence-electron chi connectivity index (χ3n) is 2.52. The summed E-state index contributed by atoms with van der Waals surface area (Å²) in [6.07, 6.45) is 3.15. The number of rotatable bonds is 2. The van der Waals surface area contributed by atoms with E-state index in [1.807, 2.05) is 0 Å². The van der Waals surface area contributed by atoms with Crippen molar-refractivity contribution in [2.45, 2.75) is 4.90 Å². The molecule has 0 aliphatic rings. The monoisotopic (exact) mass is 262 g/mol. The first-order chi connectivity index (χ1) is 8.59. The third kappa shape index (κ3) is 2.51. The quantitative estimate of drug-likeness (QED) is 0.844. The van der Waals surface area contributed by atoms with Gasteiger partial charge in [-0.25, -0.2) is 4.39 Å². The first kappa shape index (κ1) is 12.6. The van der Waals surface area contributed by atoms with Crippen LogP contribution in [-0.2, 0) is 0 Å². The van der Waals surface area contributed by atoms with E-state index in [1.54, 1.807) is 31.6 Å². The molecular weight excluding hydrogens is 251 g/mol. The molecular formula is C13H11FN2OS. The summed E-state index contributed by atoms with van der Waals surface area (Å²) in [5, 5.41) is 0. The van der Waals surface area contributed by atoms with Crippen LogP contribution in [0.1, 0.15) is 10.4 Å². The Kier molecular flexibility index (Phi) is 3.62. The zero-order valence-corrected chi connectivity index (χ0v) is 10.6. The molecule has 0 aliphatic heterocycles. The fourth-order valence-corrected chi connectivity index (χ4v) is 1.73. The molecule has 3 nitrogen and oxygen atoms in total. The molecule has 5 heteroatoms. The lowest BCUT2D eigenvalue weighted by Gasteiger charge is -2.17. The Morgan fingerprint density at radius 1 is 1.39 bits per heavy atom. The minimum atomic E-state index is -0.562. The zero-order valence-electron chi connectivity index (χ0n) is 9.67. The Labute approximate surface area is 110 Å². The van der Waals surface area contributed by atoms with Gasteiger partial charge in [0.05, 0.1) is 17.4 Å². The highest BCUT2D eigenvalue weighted by atomic mass is 32.1. The number of amides is 1. The number of carbonyl (C=O) groups excluding carboxylic acids is 1. The number of carbonyl (C=O) groups is 1. The van der Waals surface area contributed by atoms with Crippen molar-refractivity contribution >= 4 is 24.2 Å². The van der Waals surface area contributed by atoms with Crippen LogP contribution >= 0.6 is 12.6 Å². The van der Waals surface area contributed by atoms with Crippen molar-refractivity contribution in [1.82, 2.24) is 4.98 Å². The lowest BCUT2D eigenvalue weighted by Crippen LogP contribution is -2.27. The molecule has 1 heterocycles. The normalized spacial score (nSPS) is 10.2. The number of benzene rings is 1. The van der Waals surface area contributed by atoms with Crippen LogP contribution in [0.4, 0.5) is 10.1 Å². The molecule has 0 bridgehead atoms. The molecule has 1 aromatic carbocycles. The number of hydrogen-bond acceptors (Lipinski definition) is 3. The highest BCUT2D eigenvalue weighted by Crippen LogP contribution is 2.18. The van der Waals surface area contributed by atoms with Gasteiger partial charge in [0.15, 0.2) is 0 Å². The molecule has 0 unspecified atom stereocenters. The largest absolute Gasteiger partial charge is 0.310 e. The Balaban J connectivity index is 2.34. The molecule has 0 atom stereocenters. The average molecular weight is 262 g/mol. The molecule has 2 rings (SSSR count). The standard InChI is InChI=1S/C13H11FN2OS/c1-16(9-3-2-6-15-8-9)13(17)11-7-10(18)4-5-12(11)14/h2-8,18H,1H3. The number of nitrogens with zero attached hydrogens (tertiary/aromatic N) is 2. The van der Waals surface area contributed by atoms with Gasteiger partial charge in [0, 0.05) is 18.1 Å². The predicted octanol–water partition coefficient (Wildman–Crippen LogP) is 2.79. The van der Waals surface area contributed by atoms with Crippen molar-refractivity contribution in [2.75, 3.05) is 11.9 Å². The van der Waals surface area contributed by atoms with Crippen molar-refractivity contribution in [1.29, 1.82) is 0 Å². The second-order valence-corrected chi connectivity index (χ2v) is 4.26. The van der Waals surface area contributed by atoms with E-state index in [4.69, 9.17) is 0 Å². The lowest BCUT2D eigenvalue weighted by atomic mass is 10.2. The van der Waals surface area contributed by atoms with E-state index in [9.17, 15) is 9.18 Å². The van der Waals surface area contributed by atoms with Gasteiger partial charge in [-0.15, -0.1) is 12.6 Å². The molecule has 1 amide bonds. The maximum Gasteiger partial charge on any atom is 0.261 e. The van der Waals surface area contributed by atoms with Crippen LogP contribution in [0.2, 0.25) is 0 Å². The van der Waals surface area contributed by atoms with Gasteiger partial charge >= 0.3 is 0 Å². The maximum atomic E-state index is 13.6. The maximum absolute atomic E-state index is 13.6.